The van der Waals surface area contributed by atoms with Crippen LogP contribution in [0.25, 0.3) is 0 Å². The maximum Gasteiger partial charge on any atom is 0.325 e. The van der Waals surface area contributed by atoms with Crippen molar-refractivity contribution in [1.29, 1.82) is 0 Å². The van der Waals surface area contributed by atoms with E-state index in [4.69, 9.17) is 10.5 Å². The molecule has 0 saturated heterocycles. The van der Waals surface area contributed by atoms with Gasteiger partial charge in [0.2, 0.25) is 5.91 Å². The average molecular weight is 279 g/mol. The van der Waals surface area contributed by atoms with Crippen molar-refractivity contribution in [2.24, 2.45) is 0 Å². The molecule has 0 bridgehead atoms. The highest BCUT2D eigenvalue weighted by Gasteiger charge is 2.21. The van der Waals surface area contributed by atoms with Crippen molar-refractivity contribution in [3.05, 3.63) is 24.0 Å². The number of rotatable bonds is 6. The number of anilines is 1. The molecule has 0 aliphatic carbocycles. The maximum absolute atomic E-state index is 12.2. The van der Waals surface area contributed by atoms with E-state index < -0.39 is 5.97 Å². The van der Waals surface area contributed by atoms with Crippen LogP contribution in [-0.4, -0.2) is 41.0 Å². The van der Waals surface area contributed by atoms with E-state index in [1.807, 2.05) is 13.8 Å². The molecular formula is C14H21N3O3. The number of ether oxygens (including phenoxy) is 1. The van der Waals surface area contributed by atoms with Crippen molar-refractivity contribution < 1.29 is 14.3 Å². The third-order valence-corrected chi connectivity index (χ3v) is 2.73. The second-order valence-electron chi connectivity index (χ2n) is 4.68. The number of hydrogen-bond acceptors (Lipinski definition) is 5. The molecule has 20 heavy (non-hydrogen) atoms. The summed E-state index contributed by atoms with van der Waals surface area (Å²) in [6.45, 7) is 5.70. The molecule has 0 unspecified atom stereocenters. The highest BCUT2D eigenvalue weighted by molar-refractivity contribution is 5.83. The first-order valence-electron chi connectivity index (χ1n) is 6.59. The van der Waals surface area contributed by atoms with Gasteiger partial charge >= 0.3 is 5.97 Å². The third-order valence-electron chi connectivity index (χ3n) is 2.73. The van der Waals surface area contributed by atoms with E-state index in [2.05, 4.69) is 4.98 Å². The number of nitrogens with two attached hydrogens (primary N) is 1. The van der Waals surface area contributed by atoms with Crippen molar-refractivity contribution in [3.8, 4) is 0 Å². The normalized spacial score (nSPS) is 10.4. The second kappa shape index (κ2) is 7.47. The van der Waals surface area contributed by atoms with E-state index in [0.29, 0.717) is 18.0 Å². The van der Waals surface area contributed by atoms with Gasteiger partial charge in [0.15, 0.2) is 0 Å². The fourth-order valence-electron chi connectivity index (χ4n) is 1.70. The van der Waals surface area contributed by atoms with E-state index >= 15 is 0 Å². The molecule has 1 rings (SSSR count). The highest BCUT2D eigenvalue weighted by atomic mass is 16.5. The topological polar surface area (TPSA) is 85.5 Å². The lowest BCUT2D eigenvalue weighted by atomic mass is 10.2. The molecule has 1 aromatic heterocycles. The summed E-state index contributed by atoms with van der Waals surface area (Å²) in [7, 11) is 0. The number of pyridine rings is 1. The van der Waals surface area contributed by atoms with Gasteiger partial charge in [-0.3, -0.25) is 14.6 Å². The van der Waals surface area contributed by atoms with Crippen LogP contribution in [0.2, 0.25) is 0 Å². The van der Waals surface area contributed by atoms with Crippen LogP contribution in [0.15, 0.2) is 18.3 Å². The van der Waals surface area contributed by atoms with Crippen molar-refractivity contribution >= 4 is 17.6 Å². The molecule has 6 nitrogen and oxygen atoms in total. The summed E-state index contributed by atoms with van der Waals surface area (Å²) in [4.78, 5) is 29.3. The van der Waals surface area contributed by atoms with Crippen molar-refractivity contribution in [2.75, 3.05) is 18.9 Å². The molecule has 2 N–H and O–H groups in total. The summed E-state index contributed by atoms with van der Waals surface area (Å²) >= 11 is 0. The van der Waals surface area contributed by atoms with Gasteiger partial charge in [0.1, 0.15) is 6.54 Å². The summed E-state index contributed by atoms with van der Waals surface area (Å²) in [5.41, 5.74) is 6.72. The molecule has 0 saturated carbocycles. The number of esters is 1. The van der Waals surface area contributed by atoms with Gasteiger partial charge in [-0.25, -0.2) is 0 Å². The molecule has 6 heteroatoms. The van der Waals surface area contributed by atoms with Crippen LogP contribution in [-0.2, 0) is 20.7 Å². The Bertz CT molecular complexity index is 457. The van der Waals surface area contributed by atoms with Crippen LogP contribution < -0.4 is 5.73 Å². The van der Waals surface area contributed by atoms with Crippen LogP contribution in [0, 0.1) is 0 Å². The molecule has 1 aromatic rings. The number of carbonyl (C=O) groups excluding carboxylic acids is 2. The SMILES string of the molecule is CCOC(=O)CN(C(=O)Cc1ccc(N)cn1)C(C)C. The van der Waals surface area contributed by atoms with E-state index in [1.165, 1.54) is 11.1 Å². The van der Waals surface area contributed by atoms with Gasteiger partial charge in [0.25, 0.3) is 0 Å². The number of nitrogens with zero attached hydrogens (tertiary/aromatic N) is 2. The molecule has 0 atom stereocenters. The highest BCUT2D eigenvalue weighted by Crippen LogP contribution is 2.07. The fourth-order valence-corrected chi connectivity index (χ4v) is 1.70. The minimum Gasteiger partial charge on any atom is -0.465 e. The molecule has 0 aromatic carbocycles. The molecule has 110 valence electrons. The van der Waals surface area contributed by atoms with Crippen molar-refractivity contribution in [3.63, 3.8) is 0 Å². The fraction of sp³-hybridized carbons (Fsp3) is 0.500. The Balaban J connectivity index is 2.69. The van der Waals surface area contributed by atoms with Crippen LogP contribution in [0.1, 0.15) is 26.5 Å². The first-order valence-corrected chi connectivity index (χ1v) is 6.59. The number of carbonyl (C=O) groups is 2. The molecule has 1 amide bonds. The van der Waals surface area contributed by atoms with E-state index in [-0.39, 0.29) is 24.9 Å². The zero-order valence-electron chi connectivity index (χ0n) is 12.1. The van der Waals surface area contributed by atoms with Gasteiger partial charge in [-0.1, -0.05) is 0 Å². The predicted molar refractivity (Wildman–Crippen MR) is 75.8 cm³/mol. The summed E-state index contributed by atoms with van der Waals surface area (Å²) in [6.07, 6.45) is 1.64. The van der Waals surface area contributed by atoms with Gasteiger partial charge in [-0.15, -0.1) is 0 Å². The molecule has 0 aliphatic rings. The summed E-state index contributed by atoms with van der Waals surface area (Å²) in [5.74, 6) is -0.565. The third kappa shape index (κ3) is 4.87. The minimum absolute atomic E-state index is 0.0423. The Labute approximate surface area is 118 Å². The first kappa shape index (κ1) is 15.9. The largest absolute Gasteiger partial charge is 0.465 e. The first-order chi connectivity index (χ1) is 9.43. The Morgan fingerprint density at radius 1 is 1.40 bits per heavy atom. The zero-order valence-corrected chi connectivity index (χ0v) is 12.1. The number of amides is 1. The van der Waals surface area contributed by atoms with Gasteiger partial charge in [-0.05, 0) is 32.9 Å². The lowest BCUT2D eigenvalue weighted by Crippen LogP contribution is -2.42. The Hall–Kier alpha value is -2.11. The Morgan fingerprint density at radius 2 is 2.10 bits per heavy atom. The zero-order chi connectivity index (χ0) is 15.1. The molecule has 0 radical (unpaired) electrons. The van der Waals surface area contributed by atoms with Crippen LogP contribution in [0.5, 0.6) is 0 Å². The molecule has 0 fully saturated rings. The Kier molecular flexibility index (Phi) is 5.96. The lowest BCUT2D eigenvalue weighted by molar-refractivity contribution is -0.149. The summed E-state index contributed by atoms with van der Waals surface area (Å²) in [6, 6.07) is 3.32. The Morgan fingerprint density at radius 3 is 2.60 bits per heavy atom. The summed E-state index contributed by atoms with van der Waals surface area (Å²) in [5, 5.41) is 0. The second-order valence-corrected chi connectivity index (χ2v) is 4.68. The summed E-state index contributed by atoms with van der Waals surface area (Å²) < 4.78 is 4.87. The lowest BCUT2D eigenvalue weighted by Gasteiger charge is -2.25. The number of hydrogen-bond donors (Lipinski definition) is 1. The van der Waals surface area contributed by atoms with Crippen molar-refractivity contribution in [2.45, 2.75) is 33.2 Å². The van der Waals surface area contributed by atoms with E-state index in [0.717, 1.165) is 0 Å². The predicted octanol–water partition coefficient (Wildman–Crippen LogP) is 1.01. The van der Waals surface area contributed by atoms with Crippen LogP contribution in [0.3, 0.4) is 0 Å². The minimum atomic E-state index is -0.403. The van der Waals surface area contributed by atoms with Crippen LogP contribution >= 0.6 is 0 Å². The van der Waals surface area contributed by atoms with E-state index in [9.17, 15) is 9.59 Å². The van der Waals surface area contributed by atoms with Gasteiger partial charge < -0.3 is 15.4 Å². The van der Waals surface area contributed by atoms with E-state index in [1.54, 1.807) is 19.1 Å². The number of nitrogen functional groups attached to an aromatic ring is 1. The van der Waals surface area contributed by atoms with Gasteiger partial charge in [-0.2, -0.15) is 0 Å². The average Bonchev–Trinajstić information content (AvgIpc) is 2.38. The van der Waals surface area contributed by atoms with Crippen molar-refractivity contribution in [1.82, 2.24) is 9.88 Å². The standard InChI is InChI=1S/C14H21N3O3/c1-4-20-14(19)9-17(10(2)3)13(18)7-12-6-5-11(15)8-16-12/h5-6,8,10H,4,7,9,15H2,1-3H3. The smallest absolute Gasteiger partial charge is 0.325 e. The maximum atomic E-state index is 12.2. The van der Waals surface area contributed by atoms with Crippen LogP contribution in [0.4, 0.5) is 5.69 Å². The van der Waals surface area contributed by atoms with Gasteiger partial charge in [0.05, 0.1) is 24.9 Å². The molecular weight excluding hydrogens is 258 g/mol. The molecule has 0 spiro atoms. The monoisotopic (exact) mass is 279 g/mol. The van der Waals surface area contributed by atoms with Gasteiger partial charge in [0, 0.05) is 11.7 Å². The molecule has 1 heterocycles. The number of aromatic nitrogens is 1. The quantitative estimate of drug-likeness (QED) is 0.785. The molecule has 0 aliphatic heterocycles.